The Hall–Kier alpha value is -4.07. The number of hydrogen-bond acceptors (Lipinski definition) is 6. The first-order valence-electron chi connectivity index (χ1n) is 7.90. The first kappa shape index (κ1) is 16.4. The number of hydrogen-bond donors (Lipinski definition) is 0. The van der Waals surface area contributed by atoms with E-state index in [0.717, 1.165) is 11.0 Å². The highest BCUT2D eigenvalue weighted by molar-refractivity contribution is 6.34. The molecule has 0 fully saturated rings. The van der Waals surface area contributed by atoms with Crippen molar-refractivity contribution in [2.24, 2.45) is 0 Å². The SMILES string of the molecule is O=C1c2ccccc2C(=O)N1c1cc(Oc2cccnc2)cc([N+](=O)[O-])c1. The largest absolute Gasteiger partial charge is 0.455 e. The van der Waals surface area contributed by atoms with Crippen molar-refractivity contribution >= 4 is 23.2 Å². The molecule has 8 heteroatoms. The average Bonchev–Trinajstić information content (AvgIpc) is 2.93. The van der Waals surface area contributed by atoms with Gasteiger partial charge in [0.1, 0.15) is 11.5 Å². The van der Waals surface area contributed by atoms with E-state index in [1.165, 1.54) is 18.3 Å². The lowest BCUT2D eigenvalue weighted by atomic mass is 10.1. The normalized spacial score (nSPS) is 12.8. The van der Waals surface area contributed by atoms with Crippen molar-refractivity contribution in [1.82, 2.24) is 4.98 Å². The van der Waals surface area contributed by atoms with Crippen LogP contribution in [0, 0.1) is 10.1 Å². The Morgan fingerprint density at radius 3 is 2.22 bits per heavy atom. The molecule has 0 radical (unpaired) electrons. The fourth-order valence-corrected chi connectivity index (χ4v) is 2.83. The van der Waals surface area contributed by atoms with Crippen molar-refractivity contribution in [1.29, 1.82) is 0 Å². The van der Waals surface area contributed by atoms with E-state index in [2.05, 4.69) is 4.98 Å². The van der Waals surface area contributed by atoms with E-state index in [1.807, 2.05) is 0 Å². The van der Waals surface area contributed by atoms with Crippen molar-refractivity contribution in [2.75, 3.05) is 4.90 Å². The molecule has 1 aliphatic heterocycles. The molecular formula is C19H11N3O5. The predicted octanol–water partition coefficient (Wildman–Crippen LogP) is 3.58. The molecule has 0 aliphatic carbocycles. The number of nitrogens with zero attached hydrogens (tertiary/aromatic N) is 3. The summed E-state index contributed by atoms with van der Waals surface area (Å²) in [6, 6.07) is 13.5. The summed E-state index contributed by atoms with van der Waals surface area (Å²) in [6.07, 6.45) is 3.00. The Morgan fingerprint density at radius 1 is 0.926 bits per heavy atom. The Balaban J connectivity index is 1.78. The van der Waals surface area contributed by atoms with Crippen LogP contribution in [0.15, 0.2) is 67.0 Å². The molecule has 132 valence electrons. The number of carbonyl (C=O) groups excluding carboxylic acids is 2. The van der Waals surface area contributed by atoms with Gasteiger partial charge >= 0.3 is 0 Å². The van der Waals surface area contributed by atoms with E-state index in [1.54, 1.807) is 42.6 Å². The minimum absolute atomic E-state index is 0.0642. The first-order chi connectivity index (χ1) is 13.0. The van der Waals surface area contributed by atoms with Crippen LogP contribution in [-0.4, -0.2) is 21.7 Å². The summed E-state index contributed by atoms with van der Waals surface area (Å²) in [4.78, 5) is 40.8. The Bertz CT molecular complexity index is 1050. The molecule has 2 amide bonds. The van der Waals surface area contributed by atoms with Gasteiger partial charge < -0.3 is 4.74 Å². The highest BCUT2D eigenvalue weighted by Crippen LogP contribution is 2.35. The third kappa shape index (κ3) is 2.89. The zero-order valence-corrected chi connectivity index (χ0v) is 13.7. The summed E-state index contributed by atoms with van der Waals surface area (Å²) < 4.78 is 5.60. The summed E-state index contributed by atoms with van der Waals surface area (Å²) in [5, 5.41) is 11.3. The van der Waals surface area contributed by atoms with Crippen LogP contribution < -0.4 is 9.64 Å². The number of imide groups is 1. The molecule has 0 N–H and O–H groups in total. The third-order valence-corrected chi connectivity index (χ3v) is 4.01. The molecule has 0 bridgehead atoms. The smallest absolute Gasteiger partial charge is 0.275 e. The number of non-ortho nitro benzene ring substituents is 1. The minimum Gasteiger partial charge on any atom is -0.455 e. The van der Waals surface area contributed by atoms with E-state index in [4.69, 9.17) is 4.74 Å². The molecule has 0 spiro atoms. The van der Waals surface area contributed by atoms with Crippen molar-refractivity contribution in [3.8, 4) is 11.5 Å². The van der Waals surface area contributed by atoms with Crippen LogP contribution in [0.3, 0.4) is 0 Å². The molecule has 1 aromatic heterocycles. The second-order valence-electron chi connectivity index (χ2n) is 5.72. The number of rotatable bonds is 4. The molecule has 3 aromatic rings. The second kappa shape index (κ2) is 6.34. The van der Waals surface area contributed by atoms with E-state index < -0.39 is 16.7 Å². The van der Waals surface area contributed by atoms with Gasteiger partial charge in [0.15, 0.2) is 0 Å². The van der Waals surface area contributed by atoms with Gasteiger partial charge in [-0.2, -0.15) is 0 Å². The highest BCUT2D eigenvalue weighted by atomic mass is 16.6. The summed E-state index contributed by atoms with van der Waals surface area (Å²) >= 11 is 0. The number of ether oxygens (including phenoxy) is 1. The minimum atomic E-state index is -0.613. The maximum absolute atomic E-state index is 12.6. The Labute approximate surface area is 152 Å². The van der Waals surface area contributed by atoms with E-state index >= 15 is 0 Å². The van der Waals surface area contributed by atoms with Gasteiger partial charge in [0.2, 0.25) is 0 Å². The summed E-state index contributed by atoms with van der Waals surface area (Å²) in [7, 11) is 0. The van der Waals surface area contributed by atoms with Crippen LogP contribution in [0.25, 0.3) is 0 Å². The van der Waals surface area contributed by atoms with Crippen LogP contribution in [0.1, 0.15) is 20.7 Å². The third-order valence-electron chi connectivity index (χ3n) is 4.01. The zero-order valence-electron chi connectivity index (χ0n) is 13.7. The summed E-state index contributed by atoms with van der Waals surface area (Å²) in [6.45, 7) is 0. The van der Waals surface area contributed by atoms with Crippen molar-refractivity contribution in [3.63, 3.8) is 0 Å². The topological polar surface area (TPSA) is 103 Å². The average molecular weight is 361 g/mol. The van der Waals surface area contributed by atoms with Crippen LogP contribution in [0.2, 0.25) is 0 Å². The molecule has 4 rings (SSSR count). The van der Waals surface area contributed by atoms with Gasteiger partial charge in [0.25, 0.3) is 17.5 Å². The molecule has 0 saturated carbocycles. The number of fused-ring (bicyclic) bond motifs is 1. The standard InChI is InChI=1S/C19H11N3O5/c23-18-16-5-1-2-6-17(16)19(24)21(18)12-8-13(22(25)26)10-15(9-12)27-14-4-3-7-20-11-14/h1-11H. The fraction of sp³-hybridized carbons (Fsp3) is 0. The maximum Gasteiger partial charge on any atom is 0.275 e. The number of anilines is 1. The molecule has 0 atom stereocenters. The lowest BCUT2D eigenvalue weighted by Crippen LogP contribution is -2.29. The highest BCUT2D eigenvalue weighted by Gasteiger charge is 2.37. The number of carbonyl (C=O) groups is 2. The lowest BCUT2D eigenvalue weighted by Gasteiger charge is -2.15. The molecule has 8 nitrogen and oxygen atoms in total. The van der Waals surface area contributed by atoms with Gasteiger partial charge in [-0.15, -0.1) is 0 Å². The van der Waals surface area contributed by atoms with Crippen LogP contribution >= 0.6 is 0 Å². The number of nitro groups is 1. The van der Waals surface area contributed by atoms with Crippen LogP contribution in [-0.2, 0) is 0 Å². The zero-order chi connectivity index (χ0) is 19.0. The number of nitro benzene ring substituents is 1. The van der Waals surface area contributed by atoms with Gasteiger partial charge in [-0.3, -0.25) is 24.7 Å². The molecule has 0 unspecified atom stereocenters. The first-order valence-corrected chi connectivity index (χ1v) is 7.90. The van der Waals surface area contributed by atoms with Crippen LogP contribution in [0.5, 0.6) is 11.5 Å². The number of amides is 2. The van der Waals surface area contributed by atoms with Gasteiger partial charge in [0, 0.05) is 18.3 Å². The molecule has 0 saturated heterocycles. The molecule has 1 aliphatic rings. The molecular weight excluding hydrogens is 350 g/mol. The summed E-state index contributed by atoms with van der Waals surface area (Å²) in [5.41, 5.74) is 0.268. The molecule has 27 heavy (non-hydrogen) atoms. The second-order valence-corrected chi connectivity index (χ2v) is 5.72. The number of aromatic nitrogens is 1. The number of pyridine rings is 1. The number of benzene rings is 2. The maximum atomic E-state index is 12.6. The summed E-state index contributed by atoms with van der Waals surface area (Å²) in [5.74, 6) is -0.595. The quantitative estimate of drug-likeness (QED) is 0.400. The van der Waals surface area contributed by atoms with Crippen LogP contribution in [0.4, 0.5) is 11.4 Å². The Morgan fingerprint density at radius 2 is 1.63 bits per heavy atom. The van der Waals surface area contributed by atoms with Gasteiger partial charge in [-0.05, 0) is 24.3 Å². The van der Waals surface area contributed by atoms with Gasteiger partial charge in [-0.25, -0.2) is 4.90 Å². The van der Waals surface area contributed by atoms with Gasteiger partial charge in [0.05, 0.1) is 34.0 Å². The van der Waals surface area contributed by atoms with Gasteiger partial charge in [-0.1, -0.05) is 12.1 Å². The van der Waals surface area contributed by atoms with E-state index in [9.17, 15) is 19.7 Å². The van der Waals surface area contributed by atoms with Crippen molar-refractivity contribution in [3.05, 3.63) is 88.2 Å². The van der Waals surface area contributed by atoms with E-state index in [-0.39, 0.29) is 28.3 Å². The Kier molecular flexibility index (Phi) is 3.85. The molecule has 2 aromatic carbocycles. The lowest BCUT2D eigenvalue weighted by molar-refractivity contribution is -0.384. The monoisotopic (exact) mass is 361 g/mol. The van der Waals surface area contributed by atoms with E-state index in [0.29, 0.717) is 5.75 Å². The fourth-order valence-electron chi connectivity index (χ4n) is 2.83. The predicted molar refractivity (Wildman–Crippen MR) is 95.0 cm³/mol. The van der Waals surface area contributed by atoms with Crippen molar-refractivity contribution < 1.29 is 19.2 Å². The van der Waals surface area contributed by atoms with Crippen molar-refractivity contribution in [2.45, 2.75) is 0 Å². The molecule has 2 heterocycles.